The summed E-state index contributed by atoms with van der Waals surface area (Å²) in [6.07, 6.45) is 0. The molecule has 0 N–H and O–H groups in total. The predicted octanol–water partition coefficient (Wildman–Crippen LogP) is 1.86. The Kier molecular flexibility index (Phi) is 4.85. The van der Waals surface area contributed by atoms with E-state index in [2.05, 4.69) is 0 Å². The summed E-state index contributed by atoms with van der Waals surface area (Å²) in [5.41, 5.74) is 1.79. The fraction of sp³-hybridized carbons (Fsp3) is 0.467. The average Bonchev–Trinajstić information content (AvgIpc) is 2.45. The lowest BCUT2D eigenvalue weighted by Gasteiger charge is -2.39. The van der Waals surface area contributed by atoms with Crippen LogP contribution in [-0.4, -0.2) is 49.6 Å². The molecule has 1 atom stereocenters. The molecule has 5 nitrogen and oxygen atoms in total. The molecule has 1 aromatic carbocycles. The minimum atomic E-state index is -0.500. The molecule has 2 amide bonds. The molecule has 6 heteroatoms. The number of amides is 2. The molecule has 1 fully saturated rings. The highest BCUT2D eigenvalue weighted by atomic mass is 35.5. The van der Waals surface area contributed by atoms with Crippen LogP contribution < -0.4 is 4.90 Å². The van der Waals surface area contributed by atoms with E-state index in [1.54, 1.807) is 28.9 Å². The molecule has 1 aromatic rings. The van der Waals surface area contributed by atoms with Crippen molar-refractivity contribution in [3.05, 3.63) is 28.8 Å². The zero-order valence-corrected chi connectivity index (χ0v) is 13.2. The molecule has 0 radical (unpaired) electrons. The summed E-state index contributed by atoms with van der Waals surface area (Å²) < 4.78 is 4.85. The standard InChI is InChI=1S/C15H19ClN2O3/c1-10-4-5-12(16)8-13(10)18-7-6-17(11(2)15(18)20)14(19)9-21-3/h4-5,8,11H,6-7,9H2,1-3H3/t11-/m1/s1. The lowest BCUT2D eigenvalue weighted by molar-refractivity contribution is -0.143. The van der Waals surface area contributed by atoms with Gasteiger partial charge in [0.1, 0.15) is 12.6 Å². The number of carbonyl (C=O) groups is 2. The zero-order chi connectivity index (χ0) is 15.6. The van der Waals surface area contributed by atoms with Crippen molar-refractivity contribution < 1.29 is 14.3 Å². The van der Waals surface area contributed by atoms with Crippen molar-refractivity contribution in [2.24, 2.45) is 0 Å². The Morgan fingerprint density at radius 2 is 2.14 bits per heavy atom. The fourth-order valence-electron chi connectivity index (χ4n) is 2.53. The maximum atomic E-state index is 12.6. The first-order valence-electron chi connectivity index (χ1n) is 6.81. The summed E-state index contributed by atoms with van der Waals surface area (Å²) >= 11 is 6.02. The van der Waals surface area contributed by atoms with Gasteiger partial charge in [0.25, 0.3) is 0 Å². The summed E-state index contributed by atoms with van der Waals surface area (Å²) in [6, 6.07) is 4.97. The van der Waals surface area contributed by atoms with Crippen molar-refractivity contribution in [3.8, 4) is 0 Å². The Balaban J connectivity index is 2.21. The number of carbonyl (C=O) groups excluding carboxylic acids is 2. The molecular formula is C15H19ClN2O3. The number of halogens is 1. The van der Waals surface area contributed by atoms with Crippen LogP contribution in [0.2, 0.25) is 5.02 Å². The van der Waals surface area contributed by atoms with E-state index in [9.17, 15) is 9.59 Å². The molecular weight excluding hydrogens is 292 g/mol. The first-order valence-corrected chi connectivity index (χ1v) is 7.19. The molecule has 21 heavy (non-hydrogen) atoms. The lowest BCUT2D eigenvalue weighted by atomic mass is 10.1. The van der Waals surface area contributed by atoms with Gasteiger partial charge >= 0.3 is 0 Å². The van der Waals surface area contributed by atoms with E-state index in [0.717, 1.165) is 11.3 Å². The zero-order valence-electron chi connectivity index (χ0n) is 12.4. The van der Waals surface area contributed by atoms with E-state index in [4.69, 9.17) is 16.3 Å². The fourth-order valence-corrected chi connectivity index (χ4v) is 2.70. The number of ether oxygens (including phenoxy) is 1. The van der Waals surface area contributed by atoms with Crippen molar-refractivity contribution in [2.45, 2.75) is 19.9 Å². The highest BCUT2D eigenvalue weighted by molar-refractivity contribution is 6.31. The van der Waals surface area contributed by atoms with Gasteiger partial charge in [0.2, 0.25) is 11.8 Å². The first-order chi connectivity index (χ1) is 9.95. The Morgan fingerprint density at radius 3 is 2.81 bits per heavy atom. The maximum absolute atomic E-state index is 12.6. The third-order valence-corrected chi connectivity index (χ3v) is 3.94. The highest BCUT2D eigenvalue weighted by Gasteiger charge is 2.35. The number of hydrogen-bond acceptors (Lipinski definition) is 3. The van der Waals surface area contributed by atoms with Crippen molar-refractivity contribution in [3.63, 3.8) is 0 Å². The van der Waals surface area contributed by atoms with Gasteiger partial charge in [-0.2, -0.15) is 0 Å². The smallest absolute Gasteiger partial charge is 0.249 e. The third kappa shape index (κ3) is 3.19. The van der Waals surface area contributed by atoms with Gasteiger partial charge in [0.15, 0.2) is 0 Å². The molecule has 1 saturated heterocycles. The molecule has 0 aliphatic carbocycles. The minimum Gasteiger partial charge on any atom is -0.375 e. The summed E-state index contributed by atoms with van der Waals surface area (Å²) in [6.45, 7) is 4.61. The van der Waals surface area contributed by atoms with Crippen LogP contribution in [0.25, 0.3) is 0 Å². The summed E-state index contributed by atoms with van der Waals surface area (Å²) in [5, 5.41) is 0.592. The van der Waals surface area contributed by atoms with Gasteiger partial charge in [-0.15, -0.1) is 0 Å². The molecule has 2 rings (SSSR count). The van der Waals surface area contributed by atoms with Crippen LogP contribution in [0.4, 0.5) is 5.69 Å². The van der Waals surface area contributed by atoms with E-state index in [-0.39, 0.29) is 18.4 Å². The minimum absolute atomic E-state index is 0.00614. The second kappa shape index (κ2) is 6.45. The molecule has 1 heterocycles. The van der Waals surface area contributed by atoms with E-state index < -0.39 is 6.04 Å². The van der Waals surface area contributed by atoms with Crippen LogP contribution in [0.15, 0.2) is 18.2 Å². The quantitative estimate of drug-likeness (QED) is 0.856. The summed E-state index contributed by atoms with van der Waals surface area (Å²) in [7, 11) is 1.47. The largest absolute Gasteiger partial charge is 0.375 e. The van der Waals surface area contributed by atoms with Gasteiger partial charge in [-0.1, -0.05) is 17.7 Å². The van der Waals surface area contributed by atoms with Crippen molar-refractivity contribution in [2.75, 3.05) is 31.7 Å². The van der Waals surface area contributed by atoms with E-state index >= 15 is 0 Å². The molecule has 1 aliphatic heterocycles. The molecule has 0 spiro atoms. The number of piperazine rings is 1. The number of nitrogens with zero attached hydrogens (tertiary/aromatic N) is 2. The number of benzene rings is 1. The van der Waals surface area contributed by atoms with Crippen molar-refractivity contribution in [1.82, 2.24) is 4.90 Å². The number of aryl methyl sites for hydroxylation is 1. The van der Waals surface area contributed by atoms with E-state index in [1.165, 1.54) is 7.11 Å². The number of methoxy groups -OCH3 is 1. The van der Waals surface area contributed by atoms with Gasteiger partial charge in [-0.25, -0.2) is 0 Å². The Bertz CT molecular complexity index is 562. The van der Waals surface area contributed by atoms with Gasteiger partial charge in [0.05, 0.1) is 0 Å². The average molecular weight is 311 g/mol. The van der Waals surface area contributed by atoms with Crippen LogP contribution in [0.1, 0.15) is 12.5 Å². The van der Waals surface area contributed by atoms with Crippen molar-refractivity contribution in [1.29, 1.82) is 0 Å². The van der Waals surface area contributed by atoms with Crippen LogP contribution in [-0.2, 0) is 14.3 Å². The topological polar surface area (TPSA) is 49.9 Å². The molecule has 114 valence electrons. The normalized spacial score (nSPS) is 19.0. The number of hydrogen-bond donors (Lipinski definition) is 0. The van der Waals surface area contributed by atoms with Gasteiger partial charge in [-0.05, 0) is 31.5 Å². The molecule has 0 aromatic heterocycles. The predicted molar refractivity (Wildman–Crippen MR) is 81.6 cm³/mol. The number of anilines is 1. The molecule has 1 aliphatic rings. The summed E-state index contributed by atoms with van der Waals surface area (Å²) in [4.78, 5) is 27.7. The lowest BCUT2D eigenvalue weighted by Crippen LogP contribution is -2.58. The first kappa shape index (κ1) is 15.8. The second-order valence-electron chi connectivity index (χ2n) is 5.12. The maximum Gasteiger partial charge on any atom is 0.249 e. The number of rotatable bonds is 3. The van der Waals surface area contributed by atoms with Gasteiger partial charge in [0, 0.05) is 30.9 Å². The third-order valence-electron chi connectivity index (χ3n) is 3.71. The van der Waals surface area contributed by atoms with E-state index in [0.29, 0.717) is 18.1 Å². The second-order valence-corrected chi connectivity index (χ2v) is 5.55. The van der Waals surface area contributed by atoms with Crippen LogP contribution in [0.3, 0.4) is 0 Å². The highest BCUT2D eigenvalue weighted by Crippen LogP contribution is 2.27. The Hall–Kier alpha value is -1.59. The Labute approximate surface area is 129 Å². The monoisotopic (exact) mass is 310 g/mol. The SMILES string of the molecule is COCC(=O)N1CCN(c2cc(Cl)ccc2C)C(=O)[C@H]1C. The van der Waals surface area contributed by atoms with Crippen molar-refractivity contribution >= 4 is 29.1 Å². The van der Waals surface area contributed by atoms with Crippen LogP contribution in [0, 0.1) is 6.92 Å². The van der Waals surface area contributed by atoms with Gasteiger partial charge in [-0.3, -0.25) is 9.59 Å². The van der Waals surface area contributed by atoms with E-state index in [1.807, 2.05) is 13.0 Å². The van der Waals surface area contributed by atoms with Crippen LogP contribution in [0.5, 0.6) is 0 Å². The summed E-state index contributed by atoms with van der Waals surface area (Å²) in [5.74, 6) is -0.267. The molecule has 0 bridgehead atoms. The van der Waals surface area contributed by atoms with Gasteiger partial charge < -0.3 is 14.5 Å². The van der Waals surface area contributed by atoms with Crippen LogP contribution >= 0.6 is 11.6 Å². The molecule has 0 unspecified atom stereocenters. The Morgan fingerprint density at radius 1 is 1.43 bits per heavy atom. The molecule has 0 saturated carbocycles.